The number of rotatable bonds is 9. The smallest absolute Gasteiger partial charge is 0.214 e. The van der Waals surface area contributed by atoms with Gasteiger partial charge in [-0.3, -0.25) is 4.99 Å². The molecule has 2 rings (SSSR count). The largest absolute Gasteiger partial charge is 0.383 e. The van der Waals surface area contributed by atoms with Crippen LogP contribution in [0.5, 0.6) is 0 Å². The number of ether oxygens (including phenoxy) is 1. The molecular formula is C19H39N5O3S. The third kappa shape index (κ3) is 7.50. The predicted octanol–water partition coefficient (Wildman–Crippen LogP) is 0.714. The molecule has 2 fully saturated rings. The lowest BCUT2D eigenvalue weighted by Gasteiger charge is -2.33. The average Bonchev–Trinajstić information content (AvgIpc) is 2.70. The Hall–Kier alpha value is -0.900. The molecule has 0 aliphatic carbocycles. The lowest BCUT2D eigenvalue weighted by atomic mass is 9.97. The van der Waals surface area contributed by atoms with E-state index >= 15 is 0 Å². The molecule has 2 aliphatic heterocycles. The van der Waals surface area contributed by atoms with Crippen molar-refractivity contribution in [1.29, 1.82) is 0 Å². The van der Waals surface area contributed by atoms with E-state index in [1.165, 1.54) is 12.8 Å². The molecule has 0 atom stereocenters. The maximum Gasteiger partial charge on any atom is 0.214 e. The maximum absolute atomic E-state index is 12.2. The molecule has 0 spiro atoms. The van der Waals surface area contributed by atoms with Crippen molar-refractivity contribution in [1.82, 2.24) is 19.8 Å². The molecule has 0 saturated carbocycles. The van der Waals surface area contributed by atoms with E-state index in [1.807, 2.05) is 6.92 Å². The summed E-state index contributed by atoms with van der Waals surface area (Å²) in [6.07, 6.45) is 4.70. The van der Waals surface area contributed by atoms with Gasteiger partial charge in [0.15, 0.2) is 5.96 Å². The SMILES string of the molecule is CCCS(=O)(=O)N1CCC(NC(=NC)NCC2CCN(CCOC)CC2)CC1. The molecule has 8 nitrogen and oxygen atoms in total. The highest BCUT2D eigenvalue weighted by molar-refractivity contribution is 7.89. The number of guanidine groups is 1. The Morgan fingerprint density at radius 3 is 2.39 bits per heavy atom. The minimum absolute atomic E-state index is 0.249. The summed E-state index contributed by atoms with van der Waals surface area (Å²) in [6.45, 7) is 8.11. The van der Waals surface area contributed by atoms with E-state index in [2.05, 4.69) is 20.5 Å². The van der Waals surface area contributed by atoms with Gasteiger partial charge in [-0.25, -0.2) is 12.7 Å². The zero-order valence-electron chi connectivity index (χ0n) is 17.8. The summed E-state index contributed by atoms with van der Waals surface area (Å²) >= 11 is 0. The Morgan fingerprint density at radius 2 is 1.82 bits per heavy atom. The van der Waals surface area contributed by atoms with Crippen LogP contribution in [0.25, 0.3) is 0 Å². The molecule has 2 aliphatic rings. The second-order valence-corrected chi connectivity index (χ2v) is 9.95. The molecule has 164 valence electrons. The van der Waals surface area contributed by atoms with Crippen molar-refractivity contribution < 1.29 is 13.2 Å². The minimum Gasteiger partial charge on any atom is -0.383 e. The van der Waals surface area contributed by atoms with Crippen molar-refractivity contribution in [2.75, 3.05) is 65.8 Å². The van der Waals surface area contributed by atoms with Crippen molar-refractivity contribution >= 4 is 16.0 Å². The summed E-state index contributed by atoms with van der Waals surface area (Å²) in [5.41, 5.74) is 0. The Kier molecular flexibility index (Phi) is 9.98. The lowest BCUT2D eigenvalue weighted by molar-refractivity contribution is 0.121. The summed E-state index contributed by atoms with van der Waals surface area (Å²) in [5.74, 6) is 1.74. The fourth-order valence-corrected chi connectivity index (χ4v) is 5.47. The second kappa shape index (κ2) is 11.9. The normalized spacial score (nSPS) is 21.8. The molecule has 0 aromatic heterocycles. The molecule has 2 heterocycles. The van der Waals surface area contributed by atoms with Gasteiger partial charge in [0, 0.05) is 46.4 Å². The van der Waals surface area contributed by atoms with Gasteiger partial charge in [-0.1, -0.05) is 6.92 Å². The van der Waals surface area contributed by atoms with Gasteiger partial charge in [0.25, 0.3) is 0 Å². The first-order chi connectivity index (χ1) is 13.5. The number of nitrogens with one attached hydrogen (secondary N) is 2. The monoisotopic (exact) mass is 417 g/mol. The van der Waals surface area contributed by atoms with Crippen LogP contribution in [0, 0.1) is 5.92 Å². The number of likely N-dealkylation sites (tertiary alicyclic amines) is 1. The van der Waals surface area contributed by atoms with E-state index in [1.54, 1.807) is 18.5 Å². The van der Waals surface area contributed by atoms with Crippen molar-refractivity contribution in [3.05, 3.63) is 0 Å². The molecular weight excluding hydrogens is 378 g/mol. The van der Waals surface area contributed by atoms with E-state index in [4.69, 9.17) is 4.74 Å². The standard InChI is InChI=1S/C19H39N5O3S/c1-4-15-28(25,26)24-11-7-18(8-12-24)22-19(20-2)21-16-17-5-9-23(10-6-17)13-14-27-3/h17-18H,4-16H2,1-3H3,(H2,20,21,22). The van der Waals surface area contributed by atoms with Crippen molar-refractivity contribution in [3.63, 3.8) is 0 Å². The van der Waals surface area contributed by atoms with Crippen LogP contribution in [0.3, 0.4) is 0 Å². The van der Waals surface area contributed by atoms with Crippen LogP contribution in [0.2, 0.25) is 0 Å². The number of methoxy groups -OCH3 is 1. The molecule has 2 N–H and O–H groups in total. The molecule has 28 heavy (non-hydrogen) atoms. The Balaban J connectivity index is 1.67. The van der Waals surface area contributed by atoms with Gasteiger partial charge in [0.2, 0.25) is 10.0 Å². The predicted molar refractivity (Wildman–Crippen MR) is 114 cm³/mol. The summed E-state index contributed by atoms with van der Waals surface area (Å²) in [6, 6.07) is 0.273. The Labute approximate surface area is 171 Å². The quantitative estimate of drug-likeness (QED) is 0.425. The van der Waals surface area contributed by atoms with Crippen LogP contribution >= 0.6 is 0 Å². The first kappa shape index (κ1) is 23.4. The van der Waals surface area contributed by atoms with Crippen LogP contribution in [0.1, 0.15) is 39.0 Å². The van der Waals surface area contributed by atoms with Crippen molar-refractivity contribution in [2.45, 2.75) is 45.1 Å². The van der Waals surface area contributed by atoms with Gasteiger partial charge in [-0.05, 0) is 51.1 Å². The van der Waals surface area contributed by atoms with Crippen LogP contribution in [0.15, 0.2) is 4.99 Å². The molecule has 9 heteroatoms. The van der Waals surface area contributed by atoms with Gasteiger partial charge in [0.1, 0.15) is 0 Å². The zero-order valence-corrected chi connectivity index (χ0v) is 18.6. The van der Waals surface area contributed by atoms with Crippen LogP contribution in [-0.2, 0) is 14.8 Å². The van der Waals surface area contributed by atoms with Gasteiger partial charge < -0.3 is 20.3 Å². The first-order valence-corrected chi connectivity index (χ1v) is 12.3. The highest BCUT2D eigenvalue weighted by Crippen LogP contribution is 2.17. The molecule has 0 bridgehead atoms. The molecule has 2 saturated heterocycles. The van der Waals surface area contributed by atoms with E-state index in [0.29, 0.717) is 25.4 Å². The highest BCUT2D eigenvalue weighted by atomic mass is 32.2. The van der Waals surface area contributed by atoms with E-state index < -0.39 is 10.0 Å². The van der Waals surface area contributed by atoms with Crippen LogP contribution < -0.4 is 10.6 Å². The number of hydrogen-bond donors (Lipinski definition) is 2. The van der Waals surface area contributed by atoms with E-state index in [9.17, 15) is 8.42 Å². The topological polar surface area (TPSA) is 86.3 Å². The van der Waals surface area contributed by atoms with E-state index in [0.717, 1.165) is 51.6 Å². The summed E-state index contributed by atoms with van der Waals surface area (Å²) < 4.78 is 31.2. The Morgan fingerprint density at radius 1 is 1.14 bits per heavy atom. The number of piperidine rings is 2. The maximum atomic E-state index is 12.2. The van der Waals surface area contributed by atoms with Crippen molar-refractivity contribution in [2.24, 2.45) is 10.9 Å². The number of hydrogen-bond acceptors (Lipinski definition) is 5. The zero-order chi connectivity index (χ0) is 20.4. The number of sulfonamides is 1. The number of aliphatic imine (C=N–C) groups is 1. The third-order valence-electron chi connectivity index (χ3n) is 5.75. The number of nitrogens with zero attached hydrogens (tertiary/aromatic N) is 3. The minimum atomic E-state index is -3.08. The third-order valence-corrected chi connectivity index (χ3v) is 7.83. The van der Waals surface area contributed by atoms with E-state index in [-0.39, 0.29) is 11.8 Å². The first-order valence-electron chi connectivity index (χ1n) is 10.6. The van der Waals surface area contributed by atoms with Gasteiger partial charge in [0.05, 0.1) is 12.4 Å². The second-order valence-electron chi connectivity index (χ2n) is 7.86. The highest BCUT2D eigenvalue weighted by Gasteiger charge is 2.27. The lowest BCUT2D eigenvalue weighted by Crippen LogP contribution is -2.51. The Bertz CT molecular complexity index is 568. The van der Waals surface area contributed by atoms with Gasteiger partial charge >= 0.3 is 0 Å². The summed E-state index contributed by atoms with van der Waals surface area (Å²) in [4.78, 5) is 6.82. The molecule has 0 amide bonds. The summed E-state index contributed by atoms with van der Waals surface area (Å²) in [7, 11) is 0.470. The molecule has 0 aromatic rings. The fraction of sp³-hybridized carbons (Fsp3) is 0.947. The molecule has 0 unspecified atom stereocenters. The average molecular weight is 418 g/mol. The summed E-state index contributed by atoms with van der Waals surface area (Å²) in [5, 5.41) is 6.95. The van der Waals surface area contributed by atoms with Crippen molar-refractivity contribution in [3.8, 4) is 0 Å². The van der Waals surface area contributed by atoms with Crippen LogP contribution in [0.4, 0.5) is 0 Å². The van der Waals surface area contributed by atoms with Crippen LogP contribution in [-0.4, -0.2) is 95.4 Å². The molecule has 0 aromatic carbocycles. The van der Waals surface area contributed by atoms with Gasteiger partial charge in [-0.15, -0.1) is 0 Å². The molecule has 0 radical (unpaired) electrons. The van der Waals surface area contributed by atoms with Gasteiger partial charge in [-0.2, -0.15) is 0 Å². The fourth-order valence-electron chi connectivity index (χ4n) is 3.93.